The van der Waals surface area contributed by atoms with Gasteiger partial charge in [0.1, 0.15) is 5.76 Å². The largest absolute Gasteiger partial charge is 0.467 e. The minimum Gasteiger partial charge on any atom is -0.467 e. The molecule has 3 aromatic rings. The van der Waals surface area contributed by atoms with Gasteiger partial charge in [-0.15, -0.1) is 0 Å². The third-order valence-electron chi connectivity index (χ3n) is 4.80. The van der Waals surface area contributed by atoms with Crippen LogP contribution in [0.3, 0.4) is 0 Å². The van der Waals surface area contributed by atoms with Crippen molar-refractivity contribution < 1.29 is 9.21 Å². The van der Waals surface area contributed by atoms with E-state index < -0.39 is 0 Å². The van der Waals surface area contributed by atoms with E-state index in [9.17, 15) is 4.79 Å². The summed E-state index contributed by atoms with van der Waals surface area (Å²) >= 11 is 0. The maximum absolute atomic E-state index is 13.0. The van der Waals surface area contributed by atoms with Crippen LogP contribution in [0, 0.1) is 0 Å². The number of rotatable bonds is 4. The van der Waals surface area contributed by atoms with E-state index in [1.54, 1.807) is 6.26 Å². The second-order valence-electron chi connectivity index (χ2n) is 6.31. The van der Waals surface area contributed by atoms with Crippen LogP contribution in [0.5, 0.6) is 0 Å². The molecule has 5 heteroatoms. The average Bonchev–Trinajstić information content (AvgIpc) is 3.17. The summed E-state index contributed by atoms with van der Waals surface area (Å²) in [5.74, 6) is 0.681. The normalized spacial score (nSPS) is 14.4. The van der Waals surface area contributed by atoms with Crippen LogP contribution in [0.1, 0.15) is 34.3 Å². The Bertz CT molecular complexity index is 903. The summed E-state index contributed by atoms with van der Waals surface area (Å²) in [6.07, 6.45) is 2.50. The van der Waals surface area contributed by atoms with Gasteiger partial charge in [0.25, 0.3) is 5.91 Å². The quantitative estimate of drug-likeness (QED) is 0.796. The van der Waals surface area contributed by atoms with Crippen molar-refractivity contribution >= 4 is 16.8 Å². The van der Waals surface area contributed by atoms with Gasteiger partial charge in [0.05, 0.1) is 23.9 Å². The number of furan rings is 1. The van der Waals surface area contributed by atoms with E-state index in [4.69, 9.17) is 9.40 Å². The van der Waals surface area contributed by atoms with E-state index >= 15 is 0 Å². The number of nitrogens with one attached hydrogen (secondary N) is 1. The lowest BCUT2D eigenvalue weighted by Crippen LogP contribution is -2.34. The Balaban J connectivity index is 1.75. The molecule has 0 saturated carbocycles. The highest BCUT2D eigenvalue weighted by Crippen LogP contribution is 2.28. The number of likely N-dealkylation sites (N-methyl/N-ethyl adjacent to an activating group) is 1. The Labute approximate surface area is 146 Å². The van der Waals surface area contributed by atoms with Gasteiger partial charge in [-0.05, 0) is 24.7 Å². The minimum absolute atomic E-state index is 0.0656. The summed E-state index contributed by atoms with van der Waals surface area (Å²) in [6.45, 7) is 5.26. The first kappa shape index (κ1) is 15.8. The SMILES string of the molecule is CCN1CCc2nc3ccccc3c(C(=O)NCc3ccco3)c2C1. The summed E-state index contributed by atoms with van der Waals surface area (Å²) in [7, 11) is 0. The second-order valence-corrected chi connectivity index (χ2v) is 6.31. The first-order chi connectivity index (χ1) is 12.3. The van der Waals surface area contributed by atoms with E-state index in [1.807, 2.05) is 36.4 Å². The lowest BCUT2D eigenvalue weighted by atomic mass is 9.95. The number of benzene rings is 1. The number of aromatic nitrogens is 1. The summed E-state index contributed by atoms with van der Waals surface area (Å²) in [5.41, 5.74) is 3.75. The molecule has 0 saturated heterocycles. The number of amides is 1. The van der Waals surface area contributed by atoms with Crippen molar-refractivity contribution in [1.82, 2.24) is 15.2 Å². The van der Waals surface area contributed by atoms with Gasteiger partial charge in [0, 0.05) is 36.2 Å². The van der Waals surface area contributed by atoms with Crippen molar-refractivity contribution in [3.63, 3.8) is 0 Å². The van der Waals surface area contributed by atoms with Crippen molar-refractivity contribution in [3.8, 4) is 0 Å². The fourth-order valence-corrected chi connectivity index (χ4v) is 3.44. The van der Waals surface area contributed by atoms with Crippen LogP contribution in [-0.4, -0.2) is 28.9 Å². The van der Waals surface area contributed by atoms with Crippen LogP contribution in [-0.2, 0) is 19.5 Å². The molecule has 0 aliphatic carbocycles. The molecule has 1 aliphatic heterocycles. The fraction of sp³-hybridized carbons (Fsp3) is 0.300. The van der Waals surface area contributed by atoms with Crippen LogP contribution in [0.25, 0.3) is 10.9 Å². The third kappa shape index (κ3) is 3.03. The standard InChI is InChI=1S/C20H21N3O2/c1-2-23-10-9-18-16(13-23)19(15-7-3-4-8-17(15)22-18)20(24)21-12-14-6-5-11-25-14/h3-8,11H,2,9-10,12-13H2,1H3,(H,21,24). The van der Waals surface area contributed by atoms with E-state index in [2.05, 4.69) is 17.1 Å². The number of carbonyl (C=O) groups is 1. The van der Waals surface area contributed by atoms with Gasteiger partial charge in [-0.3, -0.25) is 14.7 Å². The van der Waals surface area contributed by atoms with Crippen LogP contribution in [0.15, 0.2) is 47.1 Å². The van der Waals surface area contributed by atoms with Gasteiger partial charge in [-0.25, -0.2) is 0 Å². The molecule has 3 heterocycles. The molecule has 0 atom stereocenters. The van der Waals surface area contributed by atoms with Crippen LogP contribution >= 0.6 is 0 Å². The summed E-state index contributed by atoms with van der Waals surface area (Å²) in [4.78, 5) is 20.2. The molecular formula is C20H21N3O2. The smallest absolute Gasteiger partial charge is 0.252 e. The van der Waals surface area contributed by atoms with E-state index in [1.165, 1.54) is 0 Å². The van der Waals surface area contributed by atoms with Gasteiger partial charge in [-0.2, -0.15) is 0 Å². The predicted molar refractivity (Wildman–Crippen MR) is 96.3 cm³/mol. The molecule has 4 rings (SSSR count). The van der Waals surface area contributed by atoms with E-state index in [0.29, 0.717) is 6.54 Å². The molecule has 1 aliphatic rings. The monoisotopic (exact) mass is 335 g/mol. The molecule has 5 nitrogen and oxygen atoms in total. The first-order valence-corrected chi connectivity index (χ1v) is 8.69. The van der Waals surface area contributed by atoms with Gasteiger partial charge in [0.2, 0.25) is 0 Å². The van der Waals surface area contributed by atoms with Crippen molar-refractivity contribution in [2.45, 2.75) is 26.4 Å². The molecule has 0 radical (unpaired) electrons. The summed E-state index contributed by atoms with van der Waals surface area (Å²) in [6, 6.07) is 11.6. The molecule has 1 amide bonds. The van der Waals surface area contributed by atoms with Crippen LogP contribution < -0.4 is 5.32 Å². The van der Waals surface area contributed by atoms with Crippen LogP contribution in [0.2, 0.25) is 0 Å². The molecular weight excluding hydrogens is 314 g/mol. The highest BCUT2D eigenvalue weighted by molar-refractivity contribution is 6.07. The molecule has 1 N–H and O–H groups in total. The zero-order chi connectivity index (χ0) is 17.2. The Morgan fingerprint density at radius 3 is 2.96 bits per heavy atom. The number of fused-ring (bicyclic) bond motifs is 2. The van der Waals surface area contributed by atoms with E-state index in [-0.39, 0.29) is 5.91 Å². The Kier molecular flexibility index (Phi) is 4.24. The van der Waals surface area contributed by atoms with Gasteiger partial charge >= 0.3 is 0 Å². The molecule has 1 aromatic carbocycles. The van der Waals surface area contributed by atoms with Crippen molar-refractivity contribution in [2.75, 3.05) is 13.1 Å². The number of pyridine rings is 1. The zero-order valence-corrected chi connectivity index (χ0v) is 14.3. The first-order valence-electron chi connectivity index (χ1n) is 8.69. The highest BCUT2D eigenvalue weighted by atomic mass is 16.3. The predicted octanol–water partition coefficient (Wildman–Crippen LogP) is 3.14. The lowest BCUT2D eigenvalue weighted by molar-refractivity contribution is 0.0947. The van der Waals surface area contributed by atoms with Gasteiger partial charge in [0.15, 0.2) is 0 Å². The molecule has 0 spiro atoms. The zero-order valence-electron chi connectivity index (χ0n) is 14.3. The Morgan fingerprint density at radius 1 is 1.28 bits per heavy atom. The topological polar surface area (TPSA) is 58.4 Å². The molecule has 0 unspecified atom stereocenters. The van der Waals surface area contributed by atoms with E-state index in [0.717, 1.165) is 59.5 Å². The lowest BCUT2D eigenvalue weighted by Gasteiger charge is -2.29. The number of para-hydroxylation sites is 1. The number of hydrogen-bond acceptors (Lipinski definition) is 4. The maximum Gasteiger partial charge on any atom is 0.252 e. The maximum atomic E-state index is 13.0. The molecule has 25 heavy (non-hydrogen) atoms. The van der Waals surface area contributed by atoms with Gasteiger partial charge in [-0.1, -0.05) is 25.1 Å². The van der Waals surface area contributed by atoms with Gasteiger partial charge < -0.3 is 9.73 Å². The summed E-state index contributed by atoms with van der Waals surface area (Å²) < 4.78 is 5.32. The molecule has 0 fully saturated rings. The van der Waals surface area contributed by atoms with Crippen molar-refractivity contribution in [1.29, 1.82) is 0 Å². The number of nitrogens with zero attached hydrogens (tertiary/aromatic N) is 2. The van der Waals surface area contributed by atoms with Crippen LogP contribution in [0.4, 0.5) is 0 Å². The molecule has 128 valence electrons. The second kappa shape index (κ2) is 6.69. The minimum atomic E-state index is -0.0656. The molecule has 2 aromatic heterocycles. The summed E-state index contributed by atoms with van der Waals surface area (Å²) in [5, 5.41) is 3.91. The molecule has 0 bridgehead atoms. The highest BCUT2D eigenvalue weighted by Gasteiger charge is 2.25. The van der Waals surface area contributed by atoms with Crippen molar-refractivity contribution in [2.24, 2.45) is 0 Å². The Hall–Kier alpha value is -2.66. The third-order valence-corrected chi connectivity index (χ3v) is 4.80. The number of hydrogen-bond donors (Lipinski definition) is 1. The average molecular weight is 335 g/mol. The number of carbonyl (C=O) groups excluding carboxylic acids is 1. The van der Waals surface area contributed by atoms with Crippen molar-refractivity contribution in [3.05, 3.63) is 65.2 Å². The Morgan fingerprint density at radius 2 is 2.16 bits per heavy atom. The fourth-order valence-electron chi connectivity index (χ4n) is 3.44.